The molecule has 2 atom stereocenters. The number of aliphatic hydroxyl groups excluding tert-OH is 1. The van der Waals surface area contributed by atoms with E-state index < -0.39 is 12.2 Å². The van der Waals surface area contributed by atoms with Gasteiger partial charge in [0.25, 0.3) is 5.91 Å². The number of benzene rings is 1. The molecule has 0 saturated carbocycles. The number of nitrogens with one attached hydrogen (secondary N) is 1. The van der Waals surface area contributed by atoms with E-state index in [-0.39, 0.29) is 5.91 Å². The minimum Gasteiger partial charge on any atom is -0.479 e. The van der Waals surface area contributed by atoms with Gasteiger partial charge in [-0.3, -0.25) is 9.69 Å². The van der Waals surface area contributed by atoms with E-state index in [1.54, 1.807) is 19.1 Å². The van der Waals surface area contributed by atoms with Gasteiger partial charge in [0.2, 0.25) is 0 Å². The van der Waals surface area contributed by atoms with Crippen molar-refractivity contribution in [2.75, 3.05) is 38.2 Å². The summed E-state index contributed by atoms with van der Waals surface area (Å²) in [6.45, 7) is 5.90. The molecule has 0 aliphatic carbocycles. The van der Waals surface area contributed by atoms with Gasteiger partial charge in [-0.15, -0.1) is 0 Å². The number of hydrogen-bond acceptors (Lipinski definition) is 5. The van der Waals surface area contributed by atoms with Crippen LogP contribution >= 0.6 is 0 Å². The van der Waals surface area contributed by atoms with E-state index in [0.717, 1.165) is 38.4 Å². The fraction of sp³-hybridized carbons (Fsp3) is 0.562. The standard InChI is InChI=1S/C16H22N2O4/c1-11-16(20)17-13-10-12(2-3-15(13)22-11)14(19)4-5-18-6-8-21-9-7-18/h2-3,10-11,14,19H,4-9H2,1H3,(H,17,20). The Morgan fingerprint density at radius 2 is 2.18 bits per heavy atom. The minimum atomic E-state index is -0.551. The van der Waals surface area contributed by atoms with Crippen LogP contribution in [0, 0.1) is 0 Å². The molecule has 0 bridgehead atoms. The Morgan fingerprint density at radius 1 is 1.41 bits per heavy atom. The molecule has 1 aromatic carbocycles. The third-order valence-corrected chi connectivity index (χ3v) is 4.14. The van der Waals surface area contributed by atoms with Gasteiger partial charge < -0.3 is 19.9 Å². The van der Waals surface area contributed by atoms with Gasteiger partial charge in [0, 0.05) is 19.6 Å². The van der Waals surface area contributed by atoms with Gasteiger partial charge in [0.1, 0.15) is 5.75 Å². The molecule has 120 valence electrons. The molecular formula is C16H22N2O4. The monoisotopic (exact) mass is 306 g/mol. The molecule has 2 unspecified atom stereocenters. The van der Waals surface area contributed by atoms with E-state index in [9.17, 15) is 9.90 Å². The van der Waals surface area contributed by atoms with Crippen LogP contribution in [0.4, 0.5) is 5.69 Å². The summed E-state index contributed by atoms with van der Waals surface area (Å²) in [4.78, 5) is 13.9. The predicted octanol–water partition coefficient (Wildman–Crippen LogP) is 1.16. The second kappa shape index (κ2) is 6.64. The van der Waals surface area contributed by atoms with Crippen molar-refractivity contribution in [1.82, 2.24) is 4.90 Å². The summed E-state index contributed by atoms with van der Waals surface area (Å²) in [6.07, 6.45) is -0.377. The van der Waals surface area contributed by atoms with Crippen molar-refractivity contribution in [2.24, 2.45) is 0 Å². The summed E-state index contributed by atoms with van der Waals surface area (Å²) in [5.74, 6) is 0.490. The molecule has 2 aliphatic rings. The van der Waals surface area contributed by atoms with E-state index in [0.29, 0.717) is 17.9 Å². The van der Waals surface area contributed by atoms with E-state index in [2.05, 4.69) is 10.2 Å². The van der Waals surface area contributed by atoms with Crippen LogP contribution in [0.3, 0.4) is 0 Å². The largest absolute Gasteiger partial charge is 0.479 e. The number of rotatable bonds is 4. The predicted molar refractivity (Wildman–Crippen MR) is 82.0 cm³/mol. The third kappa shape index (κ3) is 3.40. The maximum absolute atomic E-state index is 11.7. The fourth-order valence-electron chi connectivity index (χ4n) is 2.73. The maximum atomic E-state index is 11.7. The smallest absolute Gasteiger partial charge is 0.265 e. The van der Waals surface area contributed by atoms with Gasteiger partial charge in [-0.05, 0) is 31.0 Å². The average molecular weight is 306 g/mol. The first kappa shape index (κ1) is 15.3. The number of nitrogens with zero attached hydrogens (tertiary/aromatic N) is 1. The minimum absolute atomic E-state index is 0.160. The first-order valence-corrected chi connectivity index (χ1v) is 7.73. The van der Waals surface area contributed by atoms with Gasteiger partial charge in [-0.2, -0.15) is 0 Å². The van der Waals surface area contributed by atoms with Crippen LogP contribution in [0.25, 0.3) is 0 Å². The second-order valence-electron chi connectivity index (χ2n) is 5.76. The number of amides is 1. The van der Waals surface area contributed by atoms with Crippen LogP contribution in [-0.2, 0) is 9.53 Å². The molecule has 0 spiro atoms. The number of carbonyl (C=O) groups is 1. The van der Waals surface area contributed by atoms with Crippen LogP contribution in [-0.4, -0.2) is 54.9 Å². The zero-order valence-electron chi connectivity index (χ0n) is 12.7. The molecule has 3 rings (SSSR count). The lowest BCUT2D eigenvalue weighted by Crippen LogP contribution is -2.37. The van der Waals surface area contributed by atoms with Crippen molar-refractivity contribution in [1.29, 1.82) is 0 Å². The highest BCUT2D eigenvalue weighted by molar-refractivity contribution is 5.97. The number of aliphatic hydroxyl groups is 1. The van der Waals surface area contributed by atoms with E-state index in [4.69, 9.17) is 9.47 Å². The Kier molecular flexibility index (Phi) is 4.61. The van der Waals surface area contributed by atoms with E-state index in [1.165, 1.54) is 0 Å². The molecule has 1 amide bonds. The molecule has 2 heterocycles. The molecule has 1 fully saturated rings. The van der Waals surface area contributed by atoms with Crippen molar-refractivity contribution >= 4 is 11.6 Å². The summed E-state index contributed by atoms with van der Waals surface area (Å²) in [5, 5.41) is 13.2. The Labute approximate surface area is 130 Å². The maximum Gasteiger partial charge on any atom is 0.265 e. The highest BCUT2D eigenvalue weighted by atomic mass is 16.5. The molecule has 0 aromatic heterocycles. The molecule has 1 saturated heterocycles. The van der Waals surface area contributed by atoms with Crippen LogP contribution < -0.4 is 10.1 Å². The highest BCUT2D eigenvalue weighted by Gasteiger charge is 2.24. The first-order valence-electron chi connectivity index (χ1n) is 7.73. The van der Waals surface area contributed by atoms with Gasteiger partial charge in [-0.1, -0.05) is 6.07 Å². The molecule has 1 aromatic rings. The lowest BCUT2D eigenvalue weighted by atomic mass is 10.0. The fourth-order valence-corrected chi connectivity index (χ4v) is 2.73. The lowest BCUT2D eigenvalue weighted by Gasteiger charge is -2.28. The molecule has 0 radical (unpaired) electrons. The Balaban J connectivity index is 1.62. The van der Waals surface area contributed by atoms with Gasteiger partial charge >= 0.3 is 0 Å². The summed E-state index contributed by atoms with van der Waals surface area (Å²) in [5.41, 5.74) is 1.43. The molecule has 2 N–H and O–H groups in total. The van der Waals surface area contributed by atoms with Crippen molar-refractivity contribution in [3.8, 4) is 5.75 Å². The third-order valence-electron chi connectivity index (χ3n) is 4.14. The average Bonchev–Trinajstić information content (AvgIpc) is 2.54. The van der Waals surface area contributed by atoms with E-state index in [1.807, 2.05) is 6.07 Å². The Bertz CT molecular complexity index is 543. The summed E-state index contributed by atoms with van der Waals surface area (Å²) in [6, 6.07) is 5.45. The Morgan fingerprint density at radius 3 is 2.95 bits per heavy atom. The molecule has 2 aliphatic heterocycles. The number of ether oxygens (including phenoxy) is 2. The summed E-state index contributed by atoms with van der Waals surface area (Å²) >= 11 is 0. The summed E-state index contributed by atoms with van der Waals surface area (Å²) in [7, 11) is 0. The van der Waals surface area contributed by atoms with Crippen LogP contribution in [0.5, 0.6) is 5.75 Å². The van der Waals surface area contributed by atoms with Crippen molar-refractivity contribution in [2.45, 2.75) is 25.6 Å². The van der Waals surface area contributed by atoms with Gasteiger partial charge in [0.15, 0.2) is 6.10 Å². The number of anilines is 1. The number of hydrogen-bond donors (Lipinski definition) is 2. The Hall–Kier alpha value is -1.63. The number of carbonyl (C=O) groups excluding carboxylic acids is 1. The molecular weight excluding hydrogens is 284 g/mol. The molecule has 6 heteroatoms. The number of fused-ring (bicyclic) bond motifs is 1. The number of morpholine rings is 1. The normalized spacial score (nSPS) is 23.4. The van der Waals surface area contributed by atoms with Crippen molar-refractivity contribution < 1.29 is 19.4 Å². The highest BCUT2D eigenvalue weighted by Crippen LogP contribution is 2.32. The van der Waals surface area contributed by atoms with Gasteiger partial charge in [0.05, 0.1) is 25.0 Å². The van der Waals surface area contributed by atoms with Crippen molar-refractivity contribution in [3.05, 3.63) is 23.8 Å². The van der Waals surface area contributed by atoms with Crippen LogP contribution in [0.15, 0.2) is 18.2 Å². The van der Waals surface area contributed by atoms with Crippen LogP contribution in [0.2, 0.25) is 0 Å². The zero-order valence-corrected chi connectivity index (χ0v) is 12.7. The summed E-state index contributed by atoms with van der Waals surface area (Å²) < 4.78 is 10.8. The van der Waals surface area contributed by atoms with Crippen molar-refractivity contribution in [3.63, 3.8) is 0 Å². The SMILES string of the molecule is CC1Oc2ccc(C(O)CCN3CCOCC3)cc2NC1=O. The van der Waals surface area contributed by atoms with Gasteiger partial charge in [-0.25, -0.2) is 0 Å². The first-order chi connectivity index (χ1) is 10.6. The van der Waals surface area contributed by atoms with Crippen LogP contribution in [0.1, 0.15) is 25.0 Å². The molecule has 22 heavy (non-hydrogen) atoms. The molecule has 6 nitrogen and oxygen atoms in total. The topological polar surface area (TPSA) is 71.0 Å². The zero-order chi connectivity index (χ0) is 15.5. The second-order valence-corrected chi connectivity index (χ2v) is 5.76. The van der Waals surface area contributed by atoms with E-state index >= 15 is 0 Å². The quantitative estimate of drug-likeness (QED) is 0.873. The lowest BCUT2D eigenvalue weighted by molar-refractivity contribution is -0.122.